The molecule has 9 nitrogen and oxygen atoms in total. The van der Waals surface area contributed by atoms with Gasteiger partial charge in [-0.2, -0.15) is 0 Å². The van der Waals surface area contributed by atoms with E-state index in [0.29, 0.717) is 22.0 Å². The van der Waals surface area contributed by atoms with Crippen LogP contribution in [0.3, 0.4) is 0 Å². The van der Waals surface area contributed by atoms with Gasteiger partial charge in [0.15, 0.2) is 0 Å². The van der Waals surface area contributed by atoms with E-state index in [1.807, 2.05) is 0 Å². The molecule has 1 heterocycles. The van der Waals surface area contributed by atoms with Crippen LogP contribution >= 0.6 is 11.6 Å². The van der Waals surface area contributed by atoms with Crippen LogP contribution in [0.4, 0.5) is 10.5 Å². The van der Waals surface area contributed by atoms with Crippen molar-refractivity contribution in [2.45, 2.75) is 12.5 Å². The first-order valence-corrected chi connectivity index (χ1v) is 10.1. The molecule has 2 aromatic rings. The van der Waals surface area contributed by atoms with Gasteiger partial charge in [-0.3, -0.25) is 19.3 Å². The number of hydrogen-bond donors (Lipinski definition) is 2. The van der Waals surface area contributed by atoms with Crippen LogP contribution in [0.2, 0.25) is 5.02 Å². The molecule has 0 saturated carbocycles. The van der Waals surface area contributed by atoms with Crippen molar-refractivity contribution in [1.82, 2.24) is 15.1 Å². The van der Waals surface area contributed by atoms with Gasteiger partial charge >= 0.3 is 6.03 Å². The van der Waals surface area contributed by atoms with E-state index >= 15 is 0 Å². The van der Waals surface area contributed by atoms with E-state index in [9.17, 15) is 19.2 Å². The summed E-state index contributed by atoms with van der Waals surface area (Å²) in [5.74, 6) is -1.19. The van der Waals surface area contributed by atoms with Crippen LogP contribution in [0.15, 0.2) is 48.5 Å². The standard InChI is InChI=1S/C22H23ClN4O5/c1-22(14-7-5-4-6-8-14)20(30)27(21(31)25-22)13-19(29)26(2)12-18(28)24-16-11-15(23)9-10-17(16)32-3/h4-11H,12-13H2,1-3H3,(H,24,28)(H,25,31). The maximum atomic E-state index is 12.9. The Morgan fingerprint density at radius 3 is 2.53 bits per heavy atom. The Labute approximate surface area is 190 Å². The fraction of sp³-hybridized carbons (Fsp3) is 0.273. The molecule has 0 aromatic heterocycles. The lowest BCUT2D eigenvalue weighted by molar-refractivity contribution is -0.139. The predicted octanol–water partition coefficient (Wildman–Crippen LogP) is 2.21. The van der Waals surface area contributed by atoms with Gasteiger partial charge in [0.2, 0.25) is 11.8 Å². The minimum absolute atomic E-state index is 0.298. The Bertz CT molecular complexity index is 1060. The van der Waals surface area contributed by atoms with E-state index in [1.54, 1.807) is 49.4 Å². The summed E-state index contributed by atoms with van der Waals surface area (Å²) in [6.07, 6.45) is 0. The highest BCUT2D eigenvalue weighted by atomic mass is 35.5. The van der Waals surface area contributed by atoms with E-state index in [0.717, 1.165) is 9.80 Å². The third-order valence-electron chi connectivity index (χ3n) is 5.16. The predicted molar refractivity (Wildman–Crippen MR) is 118 cm³/mol. The van der Waals surface area contributed by atoms with Crippen LogP contribution in [0.1, 0.15) is 12.5 Å². The minimum atomic E-state index is -1.27. The summed E-state index contributed by atoms with van der Waals surface area (Å²) < 4.78 is 5.18. The molecule has 3 rings (SSSR count). The van der Waals surface area contributed by atoms with Gasteiger partial charge < -0.3 is 20.3 Å². The van der Waals surface area contributed by atoms with Crippen molar-refractivity contribution in [3.63, 3.8) is 0 Å². The van der Waals surface area contributed by atoms with Crippen LogP contribution < -0.4 is 15.4 Å². The zero-order valence-corrected chi connectivity index (χ0v) is 18.6. The Morgan fingerprint density at radius 2 is 1.88 bits per heavy atom. The SMILES string of the molecule is COc1ccc(Cl)cc1NC(=O)CN(C)C(=O)CN1C(=O)NC(C)(c2ccccc2)C1=O. The first-order valence-electron chi connectivity index (χ1n) is 9.72. The quantitative estimate of drug-likeness (QED) is 0.618. The lowest BCUT2D eigenvalue weighted by Crippen LogP contribution is -2.45. The smallest absolute Gasteiger partial charge is 0.325 e. The van der Waals surface area contributed by atoms with Crippen LogP contribution in [0, 0.1) is 0 Å². The number of hydrogen-bond acceptors (Lipinski definition) is 5. The van der Waals surface area contributed by atoms with E-state index in [4.69, 9.17) is 16.3 Å². The van der Waals surface area contributed by atoms with Crippen molar-refractivity contribution in [3.05, 3.63) is 59.1 Å². The molecular formula is C22H23ClN4O5. The van der Waals surface area contributed by atoms with Gasteiger partial charge in [0.05, 0.1) is 19.3 Å². The van der Waals surface area contributed by atoms with E-state index in [1.165, 1.54) is 20.2 Å². The second kappa shape index (κ2) is 9.27. The van der Waals surface area contributed by atoms with Gasteiger partial charge in [-0.15, -0.1) is 0 Å². The molecule has 1 aliphatic rings. The highest BCUT2D eigenvalue weighted by Gasteiger charge is 2.49. The number of halogens is 1. The Balaban J connectivity index is 1.63. The molecule has 10 heteroatoms. The van der Waals surface area contributed by atoms with Crippen molar-refractivity contribution in [2.24, 2.45) is 0 Å². The summed E-state index contributed by atoms with van der Waals surface area (Å²) in [5.41, 5.74) is -0.299. The van der Waals surface area contributed by atoms with E-state index in [2.05, 4.69) is 10.6 Å². The summed E-state index contributed by atoms with van der Waals surface area (Å²) >= 11 is 5.96. The third-order valence-corrected chi connectivity index (χ3v) is 5.40. The van der Waals surface area contributed by atoms with Crippen LogP contribution in [-0.2, 0) is 19.9 Å². The third kappa shape index (κ3) is 4.67. The van der Waals surface area contributed by atoms with Gasteiger partial charge in [0, 0.05) is 12.1 Å². The molecule has 0 radical (unpaired) electrons. The molecule has 2 aromatic carbocycles. The number of likely N-dealkylation sites (N-methyl/N-ethyl adjacent to an activating group) is 1. The Morgan fingerprint density at radius 1 is 1.19 bits per heavy atom. The van der Waals surface area contributed by atoms with E-state index in [-0.39, 0.29) is 6.54 Å². The molecule has 0 spiro atoms. The zero-order chi connectivity index (χ0) is 23.5. The van der Waals surface area contributed by atoms with E-state index < -0.39 is 35.8 Å². The molecule has 1 saturated heterocycles. The monoisotopic (exact) mass is 458 g/mol. The second-order valence-corrected chi connectivity index (χ2v) is 7.89. The lowest BCUT2D eigenvalue weighted by Gasteiger charge is -2.23. The highest BCUT2D eigenvalue weighted by molar-refractivity contribution is 6.31. The number of nitrogens with zero attached hydrogens (tertiary/aromatic N) is 2. The average Bonchev–Trinajstić information content (AvgIpc) is 2.98. The molecule has 2 N–H and O–H groups in total. The first kappa shape index (κ1) is 23.1. The number of benzene rings is 2. The minimum Gasteiger partial charge on any atom is -0.495 e. The molecular weight excluding hydrogens is 436 g/mol. The van der Waals surface area contributed by atoms with Gasteiger partial charge in [-0.25, -0.2) is 4.79 Å². The Hall–Kier alpha value is -3.59. The molecule has 5 amide bonds. The molecule has 1 aliphatic heterocycles. The fourth-order valence-electron chi connectivity index (χ4n) is 3.33. The highest BCUT2D eigenvalue weighted by Crippen LogP contribution is 2.29. The summed E-state index contributed by atoms with van der Waals surface area (Å²) in [5, 5.41) is 5.68. The Kier molecular flexibility index (Phi) is 6.69. The molecule has 1 unspecified atom stereocenters. The van der Waals surface area contributed by atoms with Crippen molar-refractivity contribution < 1.29 is 23.9 Å². The zero-order valence-electron chi connectivity index (χ0n) is 17.8. The molecule has 32 heavy (non-hydrogen) atoms. The van der Waals surface area contributed by atoms with Crippen LogP contribution in [0.25, 0.3) is 0 Å². The van der Waals surface area contributed by atoms with Gasteiger partial charge in [-0.05, 0) is 30.7 Å². The van der Waals surface area contributed by atoms with Crippen LogP contribution in [0.5, 0.6) is 5.75 Å². The van der Waals surface area contributed by atoms with Crippen molar-refractivity contribution in [1.29, 1.82) is 0 Å². The van der Waals surface area contributed by atoms with Crippen molar-refractivity contribution >= 4 is 41.0 Å². The number of urea groups is 1. The fourth-order valence-corrected chi connectivity index (χ4v) is 3.51. The second-order valence-electron chi connectivity index (χ2n) is 7.46. The summed E-state index contributed by atoms with van der Waals surface area (Å²) in [7, 11) is 2.86. The largest absolute Gasteiger partial charge is 0.495 e. The number of ether oxygens (including phenoxy) is 1. The summed E-state index contributed by atoms with van der Waals surface area (Å²) in [6, 6.07) is 12.8. The molecule has 168 valence electrons. The number of nitrogens with one attached hydrogen (secondary N) is 2. The molecule has 1 fully saturated rings. The molecule has 1 atom stereocenters. The van der Waals surface area contributed by atoms with Gasteiger partial charge in [0.1, 0.15) is 17.8 Å². The number of carbonyl (C=O) groups is 4. The summed E-state index contributed by atoms with van der Waals surface area (Å²) in [6.45, 7) is 0.800. The van der Waals surface area contributed by atoms with Gasteiger partial charge in [0.25, 0.3) is 5.91 Å². The van der Waals surface area contributed by atoms with Crippen molar-refractivity contribution in [3.8, 4) is 5.75 Å². The number of amides is 5. The number of imide groups is 1. The lowest BCUT2D eigenvalue weighted by atomic mass is 9.92. The topological polar surface area (TPSA) is 108 Å². The van der Waals surface area contributed by atoms with Crippen molar-refractivity contribution in [2.75, 3.05) is 32.6 Å². The maximum Gasteiger partial charge on any atom is 0.325 e. The number of anilines is 1. The molecule has 0 bridgehead atoms. The number of carbonyl (C=O) groups excluding carboxylic acids is 4. The normalized spacial score (nSPS) is 17.7. The maximum absolute atomic E-state index is 12.9. The first-order chi connectivity index (χ1) is 15.2. The number of rotatable bonds is 7. The summed E-state index contributed by atoms with van der Waals surface area (Å²) in [4.78, 5) is 52.4. The molecule has 0 aliphatic carbocycles. The van der Waals surface area contributed by atoms with Gasteiger partial charge in [-0.1, -0.05) is 41.9 Å². The number of methoxy groups -OCH3 is 1. The van der Waals surface area contributed by atoms with Crippen LogP contribution in [-0.4, -0.2) is 60.8 Å². The average molecular weight is 459 g/mol.